The summed E-state index contributed by atoms with van der Waals surface area (Å²) in [4.78, 5) is 15.2. The van der Waals surface area contributed by atoms with E-state index >= 15 is 0 Å². The fraction of sp³-hybridized carbons (Fsp3) is 0. The number of nitrogens with zero attached hydrogens (tertiary/aromatic N) is 1. The zero-order chi connectivity index (χ0) is 14.7. The van der Waals surface area contributed by atoms with Gasteiger partial charge in [-0.3, -0.25) is 4.79 Å². The number of carbonyl (C=O) groups excluding carboxylic acids is 1. The van der Waals surface area contributed by atoms with E-state index in [9.17, 15) is 4.79 Å². The Morgan fingerprint density at radius 2 is 1.90 bits per heavy atom. The Hall–Kier alpha value is -2.40. The maximum atomic E-state index is 12.0. The zero-order valence-corrected chi connectivity index (χ0v) is 12.6. The van der Waals surface area contributed by atoms with Crippen molar-refractivity contribution in [2.75, 3.05) is 0 Å². The highest BCUT2D eigenvalue weighted by Crippen LogP contribution is 2.16. The largest absolute Gasteiger partial charge is 0.361 e. The van der Waals surface area contributed by atoms with E-state index in [1.807, 2.05) is 48.7 Å². The summed E-state index contributed by atoms with van der Waals surface area (Å²) in [7, 11) is 0. The van der Waals surface area contributed by atoms with E-state index in [-0.39, 0.29) is 5.91 Å². The number of halogens is 1. The second-order valence-corrected chi connectivity index (χ2v) is 5.32. The number of hydrogen-bond donors (Lipinski definition) is 2. The first kappa shape index (κ1) is 13.6. The topological polar surface area (TPSA) is 57.2 Å². The standard InChI is InChI=1S/C16H12BrN3O/c17-14-7-3-1-6-13(14)16(21)20-19-10-11-9-18-15-8-4-2-5-12(11)15/h1-10,18H,(H,20,21). The van der Waals surface area contributed by atoms with Gasteiger partial charge in [0, 0.05) is 27.1 Å². The lowest BCUT2D eigenvalue weighted by Crippen LogP contribution is -2.17. The normalized spacial score (nSPS) is 11.1. The quantitative estimate of drug-likeness (QED) is 0.553. The van der Waals surface area contributed by atoms with Gasteiger partial charge in [-0.1, -0.05) is 30.3 Å². The molecule has 2 aromatic carbocycles. The maximum absolute atomic E-state index is 12.0. The third-order valence-electron chi connectivity index (χ3n) is 3.11. The van der Waals surface area contributed by atoms with Gasteiger partial charge in [0.1, 0.15) is 0 Å². The SMILES string of the molecule is O=C(NN=Cc1c[nH]c2ccccc12)c1ccccc1Br. The highest BCUT2D eigenvalue weighted by atomic mass is 79.9. The van der Waals surface area contributed by atoms with Crippen LogP contribution in [0.15, 0.2) is 64.3 Å². The fourth-order valence-electron chi connectivity index (χ4n) is 2.07. The molecule has 104 valence electrons. The van der Waals surface area contributed by atoms with Crippen LogP contribution in [0.1, 0.15) is 15.9 Å². The molecule has 1 heterocycles. The van der Waals surface area contributed by atoms with Crippen molar-refractivity contribution in [2.45, 2.75) is 0 Å². The van der Waals surface area contributed by atoms with Gasteiger partial charge in [0.2, 0.25) is 0 Å². The lowest BCUT2D eigenvalue weighted by Gasteiger charge is -2.01. The average Bonchev–Trinajstić information content (AvgIpc) is 2.91. The van der Waals surface area contributed by atoms with Crippen molar-refractivity contribution < 1.29 is 4.79 Å². The highest BCUT2D eigenvalue weighted by Gasteiger charge is 2.07. The van der Waals surface area contributed by atoms with Crippen LogP contribution in [0.4, 0.5) is 0 Å². The third kappa shape index (κ3) is 2.87. The molecule has 1 aromatic heterocycles. The first-order valence-electron chi connectivity index (χ1n) is 6.40. The van der Waals surface area contributed by atoms with Crippen LogP contribution in [0.2, 0.25) is 0 Å². The number of aromatic nitrogens is 1. The number of nitrogens with one attached hydrogen (secondary N) is 2. The molecule has 5 heteroatoms. The van der Waals surface area contributed by atoms with Crippen molar-refractivity contribution in [3.63, 3.8) is 0 Å². The molecule has 0 spiro atoms. The number of H-pyrrole nitrogens is 1. The summed E-state index contributed by atoms with van der Waals surface area (Å²) in [5.74, 6) is -0.251. The summed E-state index contributed by atoms with van der Waals surface area (Å²) in [6, 6.07) is 15.1. The van der Waals surface area contributed by atoms with Gasteiger partial charge in [0.15, 0.2) is 0 Å². The van der Waals surface area contributed by atoms with Gasteiger partial charge >= 0.3 is 0 Å². The Balaban J connectivity index is 1.76. The number of benzene rings is 2. The predicted molar refractivity (Wildman–Crippen MR) is 87.5 cm³/mol. The van der Waals surface area contributed by atoms with Crippen molar-refractivity contribution >= 4 is 39.0 Å². The molecule has 0 bridgehead atoms. The summed E-state index contributed by atoms with van der Waals surface area (Å²) in [6.45, 7) is 0. The van der Waals surface area contributed by atoms with E-state index in [1.165, 1.54) is 0 Å². The minimum absolute atomic E-state index is 0.251. The highest BCUT2D eigenvalue weighted by molar-refractivity contribution is 9.10. The Morgan fingerprint density at radius 3 is 2.76 bits per heavy atom. The van der Waals surface area contributed by atoms with Gasteiger partial charge in [0.05, 0.1) is 11.8 Å². The summed E-state index contributed by atoms with van der Waals surface area (Å²) in [5.41, 5.74) is 5.05. The van der Waals surface area contributed by atoms with Gasteiger partial charge in [-0.2, -0.15) is 5.10 Å². The van der Waals surface area contributed by atoms with Crippen molar-refractivity contribution in [3.8, 4) is 0 Å². The molecule has 0 unspecified atom stereocenters. The van der Waals surface area contributed by atoms with E-state index in [1.54, 1.807) is 12.3 Å². The van der Waals surface area contributed by atoms with E-state index in [2.05, 4.69) is 31.4 Å². The Kier molecular flexibility index (Phi) is 3.83. The first-order valence-corrected chi connectivity index (χ1v) is 7.19. The molecule has 0 radical (unpaired) electrons. The monoisotopic (exact) mass is 341 g/mol. The Morgan fingerprint density at radius 1 is 1.14 bits per heavy atom. The molecule has 0 saturated heterocycles. The number of carbonyl (C=O) groups is 1. The van der Waals surface area contributed by atoms with Gasteiger partial charge in [-0.15, -0.1) is 0 Å². The molecular weight excluding hydrogens is 330 g/mol. The molecule has 0 fully saturated rings. The minimum atomic E-state index is -0.251. The molecule has 3 aromatic rings. The van der Waals surface area contributed by atoms with Crippen LogP contribution >= 0.6 is 15.9 Å². The van der Waals surface area contributed by atoms with E-state index in [4.69, 9.17) is 0 Å². The van der Waals surface area contributed by atoms with Gasteiger partial charge in [-0.25, -0.2) is 5.43 Å². The summed E-state index contributed by atoms with van der Waals surface area (Å²) in [5, 5.41) is 5.08. The third-order valence-corrected chi connectivity index (χ3v) is 3.80. The second kappa shape index (κ2) is 5.93. The van der Waals surface area contributed by atoms with Crippen molar-refractivity contribution in [1.82, 2.24) is 10.4 Å². The van der Waals surface area contributed by atoms with Crippen molar-refractivity contribution in [2.24, 2.45) is 5.10 Å². The van der Waals surface area contributed by atoms with E-state index in [0.29, 0.717) is 5.56 Å². The summed E-state index contributed by atoms with van der Waals surface area (Å²) in [6.07, 6.45) is 3.49. The number of amides is 1. The summed E-state index contributed by atoms with van der Waals surface area (Å²) >= 11 is 3.34. The van der Waals surface area contributed by atoms with Crippen LogP contribution < -0.4 is 5.43 Å². The molecule has 2 N–H and O–H groups in total. The molecule has 0 aliphatic rings. The molecule has 1 amide bonds. The maximum Gasteiger partial charge on any atom is 0.272 e. The molecule has 0 aliphatic carbocycles. The van der Waals surface area contributed by atoms with Crippen LogP contribution in [0.25, 0.3) is 10.9 Å². The van der Waals surface area contributed by atoms with Crippen LogP contribution in [-0.4, -0.2) is 17.1 Å². The van der Waals surface area contributed by atoms with E-state index < -0.39 is 0 Å². The number of aromatic amines is 1. The first-order chi connectivity index (χ1) is 10.3. The second-order valence-electron chi connectivity index (χ2n) is 4.47. The average molecular weight is 342 g/mol. The minimum Gasteiger partial charge on any atom is -0.361 e. The summed E-state index contributed by atoms with van der Waals surface area (Å²) < 4.78 is 0.741. The molecule has 4 nitrogen and oxygen atoms in total. The molecule has 21 heavy (non-hydrogen) atoms. The van der Waals surface area contributed by atoms with Crippen LogP contribution in [0, 0.1) is 0 Å². The van der Waals surface area contributed by atoms with Crippen LogP contribution in [0.5, 0.6) is 0 Å². The molecular formula is C16H12BrN3O. The molecule has 3 rings (SSSR count). The Labute approximate surface area is 130 Å². The zero-order valence-electron chi connectivity index (χ0n) is 11.0. The number of hydrazone groups is 1. The van der Waals surface area contributed by atoms with Crippen molar-refractivity contribution in [3.05, 3.63) is 70.3 Å². The van der Waals surface area contributed by atoms with Crippen LogP contribution in [0.3, 0.4) is 0 Å². The van der Waals surface area contributed by atoms with Crippen LogP contribution in [-0.2, 0) is 0 Å². The van der Waals surface area contributed by atoms with Gasteiger partial charge in [-0.05, 0) is 34.1 Å². The van der Waals surface area contributed by atoms with Gasteiger partial charge in [0.25, 0.3) is 5.91 Å². The van der Waals surface area contributed by atoms with Crippen molar-refractivity contribution in [1.29, 1.82) is 0 Å². The lowest BCUT2D eigenvalue weighted by atomic mass is 10.2. The number of para-hydroxylation sites is 1. The predicted octanol–water partition coefficient (Wildman–Crippen LogP) is 3.69. The lowest BCUT2D eigenvalue weighted by molar-refractivity contribution is 0.0954. The number of fused-ring (bicyclic) bond motifs is 1. The Bertz CT molecular complexity index is 823. The molecule has 0 atom stereocenters. The van der Waals surface area contributed by atoms with Gasteiger partial charge < -0.3 is 4.98 Å². The fourth-order valence-corrected chi connectivity index (χ4v) is 2.53. The number of rotatable bonds is 3. The molecule has 0 saturated carbocycles. The smallest absolute Gasteiger partial charge is 0.272 e. The molecule has 0 aliphatic heterocycles. The van der Waals surface area contributed by atoms with E-state index in [0.717, 1.165) is 20.9 Å². The number of hydrogen-bond acceptors (Lipinski definition) is 2.